The van der Waals surface area contributed by atoms with Crippen molar-refractivity contribution in [1.82, 2.24) is 5.32 Å². The number of nitrogens with one attached hydrogen (secondary N) is 1. The minimum Gasteiger partial charge on any atom is -0.483 e. The number of carbonyl (C=O) groups is 2. The summed E-state index contributed by atoms with van der Waals surface area (Å²) >= 11 is 9.05. The van der Waals surface area contributed by atoms with Gasteiger partial charge in [-0.3, -0.25) is 9.59 Å². The zero-order valence-corrected chi connectivity index (χ0v) is 12.3. The van der Waals surface area contributed by atoms with Gasteiger partial charge in [-0.1, -0.05) is 11.6 Å². The van der Waals surface area contributed by atoms with Crippen LogP contribution in [0.15, 0.2) is 22.7 Å². The van der Waals surface area contributed by atoms with Gasteiger partial charge in [-0.25, -0.2) is 0 Å². The van der Waals surface area contributed by atoms with Gasteiger partial charge in [0.2, 0.25) is 0 Å². The van der Waals surface area contributed by atoms with E-state index in [0.717, 1.165) is 0 Å². The molecule has 0 aliphatic rings. The number of carbonyl (C=O) groups excluding carboxylic acids is 1. The van der Waals surface area contributed by atoms with Gasteiger partial charge in [-0.2, -0.15) is 0 Å². The molecule has 0 atom stereocenters. The second kappa shape index (κ2) is 8.01. The van der Waals surface area contributed by atoms with Crippen molar-refractivity contribution in [3.8, 4) is 5.75 Å². The standard InChI is InChI=1S/C12H13BrClNO4/c13-9-6-8(14)3-4-10(9)19-7-11(16)15-5-1-2-12(17)18/h3-4,6H,1-2,5,7H2,(H,15,16)(H,17,18). The summed E-state index contributed by atoms with van der Waals surface area (Å²) < 4.78 is 5.96. The predicted octanol–water partition coefficient (Wildman–Crippen LogP) is 2.46. The summed E-state index contributed by atoms with van der Waals surface area (Å²) in [6, 6.07) is 4.98. The predicted molar refractivity (Wildman–Crippen MR) is 74.5 cm³/mol. The van der Waals surface area contributed by atoms with Crippen molar-refractivity contribution in [2.24, 2.45) is 0 Å². The third kappa shape index (κ3) is 6.45. The Morgan fingerprint density at radius 3 is 2.79 bits per heavy atom. The van der Waals surface area contributed by atoms with Crippen molar-refractivity contribution in [1.29, 1.82) is 0 Å². The molecule has 0 aromatic heterocycles. The lowest BCUT2D eigenvalue weighted by molar-refractivity contribution is -0.137. The van der Waals surface area contributed by atoms with Crippen molar-refractivity contribution < 1.29 is 19.4 Å². The summed E-state index contributed by atoms with van der Waals surface area (Å²) in [5.74, 6) is -0.659. The van der Waals surface area contributed by atoms with Gasteiger partial charge in [0.15, 0.2) is 6.61 Å². The maximum Gasteiger partial charge on any atom is 0.303 e. The molecule has 0 aliphatic carbocycles. The highest BCUT2D eigenvalue weighted by molar-refractivity contribution is 9.10. The van der Waals surface area contributed by atoms with Crippen molar-refractivity contribution in [2.45, 2.75) is 12.8 Å². The highest BCUT2D eigenvalue weighted by Gasteiger charge is 2.06. The number of aliphatic carboxylic acids is 1. The number of ether oxygens (including phenoxy) is 1. The lowest BCUT2D eigenvalue weighted by Crippen LogP contribution is -2.30. The normalized spacial score (nSPS) is 10.0. The van der Waals surface area contributed by atoms with E-state index >= 15 is 0 Å². The maximum absolute atomic E-state index is 11.4. The van der Waals surface area contributed by atoms with Crippen LogP contribution in [0.5, 0.6) is 5.75 Å². The van der Waals surface area contributed by atoms with E-state index in [1.807, 2.05) is 0 Å². The first-order valence-corrected chi connectivity index (χ1v) is 6.72. The fraction of sp³-hybridized carbons (Fsp3) is 0.333. The van der Waals surface area contributed by atoms with Crippen molar-refractivity contribution in [3.05, 3.63) is 27.7 Å². The molecular formula is C12H13BrClNO4. The van der Waals surface area contributed by atoms with E-state index in [4.69, 9.17) is 21.4 Å². The summed E-state index contributed by atoms with van der Waals surface area (Å²) in [7, 11) is 0. The Hall–Kier alpha value is -1.27. The molecule has 0 saturated carbocycles. The Morgan fingerprint density at radius 1 is 1.42 bits per heavy atom. The van der Waals surface area contributed by atoms with Crippen LogP contribution in [0, 0.1) is 0 Å². The Labute approximate surface area is 124 Å². The Bertz CT molecular complexity index is 467. The van der Waals surface area contributed by atoms with E-state index in [-0.39, 0.29) is 18.9 Å². The van der Waals surface area contributed by atoms with Crippen LogP contribution < -0.4 is 10.1 Å². The number of hydrogen-bond acceptors (Lipinski definition) is 3. The van der Waals surface area contributed by atoms with Crippen molar-refractivity contribution >= 4 is 39.4 Å². The molecule has 1 amide bonds. The molecule has 7 heteroatoms. The van der Waals surface area contributed by atoms with Gasteiger partial charge >= 0.3 is 5.97 Å². The second-order valence-electron chi connectivity index (χ2n) is 3.71. The molecule has 0 heterocycles. The lowest BCUT2D eigenvalue weighted by Gasteiger charge is -2.08. The molecule has 1 aromatic carbocycles. The molecule has 5 nitrogen and oxygen atoms in total. The maximum atomic E-state index is 11.4. The van der Waals surface area contributed by atoms with Crippen LogP contribution in [0.4, 0.5) is 0 Å². The summed E-state index contributed by atoms with van der Waals surface area (Å²) in [6.07, 6.45) is 0.426. The molecule has 0 unspecified atom stereocenters. The third-order valence-corrected chi connectivity index (χ3v) is 3.00. The molecule has 0 radical (unpaired) electrons. The van der Waals surface area contributed by atoms with Gasteiger partial charge in [0.25, 0.3) is 5.91 Å². The molecule has 1 aromatic rings. The Morgan fingerprint density at radius 2 is 2.16 bits per heavy atom. The number of halogens is 2. The zero-order chi connectivity index (χ0) is 14.3. The van der Waals surface area contributed by atoms with Crippen molar-refractivity contribution in [3.63, 3.8) is 0 Å². The van der Waals surface area contributed by atoms with Crippen LogP contribution in [0.1, 0.15) is 12.8 Å². The second-order valence-corrected chi connectivity index (χ2v) is 5.00. The Balaban J connectivity index is 2.28. The summed E-state index contributed by atoms with van der Waals surface area (Å²) in [5.41, 5.74) is 0. The summed E-state index contributed by atoms with van der Waals surface area (Å²) in [5, 5.41) is 11.6. The molecule has 2 N–H and O–H groups in total. The van der Waals surface area contributed by atoms with Gasteiger partial charge < -0.3 is 15.2 Å². The van der Waals surface area contributed by atoms with E-state index in [1.165, 1.54) is 0 Å². The van der Waals surface area contributed by atoms with E-state index < -0.39 is 5.97 Å². The summed E-state index contributed by atoms with van der Waals surface area (Å²) in [4.78, 5) is 21.7. The quantitative estimate of drug-likeness (QED) is 0.741. The third-order valence-electron chi connectivity index (χ3n) is 2.14. The highest BCUT2D eigenvalue weighted by Crippen LogP contribution is 2.27. The topological polar surface area (TPSA) is 75.6 Å². The molecule has 104 valence electrons. The number of rotatable bonds is 7. The number of carboxylic acids is 1. The monoisotopic (exact) mass is 349 g/mol. The van der Waals surface area contributed by atoms with Gasteiger partial charge in [-0.05, 0) is 40.5 Å². The average molecular weight is 351 g/mol. The molecule has 0 spiro atoms. The first kappa shape index (κ1) is 15.8. The average Bonchev–Trinajstić information content (AvgIpc) is 2.33. The Kier molecular flexibility index (Phi) is 6.66. The smallest absolute Gasteiger partial charge is 0.303 e. The molecule has 1 rings (SSSR count). The summed E-state index contributed by atoms with van der Waals surface area (Å²) in [6.45, 7) is 0.184. The SMILES string of the molecule is O=C(O)CCCNC(=O)COc1ccc(Cl)cc1Br. The van der Waals surface area contributed by atoms with E-state index in [2.05, 4.69) is 21.2 Å². The number of hydrogen-bond donors (Lipinski definition) is 2. The first-order chi connectivity index (χ1) is 8.99. The minimum absolute atomic E-state index is 0.0316. The van der Waals surface area contributed by atoms with Crippen LogP contribution in [0.2, 0.25) is 5.02 Å². The van der Waals surface area contributed by atoms with Crippen LogP contribution in [-0.2, 0) is 9.59 Å². The van der Waals surface area contributed by atoms with Crippen LogP contribution in [0.3, 0.4) is 0 Å². The molecule has 0 aliphatic heterocycles. The van der Waals surface area contributed by atoms with Crippen LogP contribution >= 0.6 is 27.5 Å². The van der Waals surface area contributed by atoms with Gasteiger partial charge in [0.05, 0.1) is 4.47 Å². The van der Waals surface area contributed by atoms with Crippen LogP contribution in [0.25, 0.3) is 0 Å². The fourth-order valence-electron chi connectivity index (χ4n) is 1.25. The number of carboxylic acid groups (broad SMARTS) is 1. The fourth-order valence-corrected chi connectivity index (χ4v) is 2.05. The first-order valence-electron chi connectivity index (χ1n) is 5.55. The molecule has 19 heavy (non-hydrogen) atoms. The van der Waals surface area contributed by atoms with Crippen molar-refractivity contribution in [2.75, 3.05) is 13.2 Å². The number of benzene rings is 1. The largest absolute Gasteiger partial charge is 0.483 e. The molecule has 0 fully saturated rings. The van der Waals surface area contributed by atoms with Gasteiger partial charge in [0.1, 0.15) is 5.75 Å². The lowest BCUT2D eigenvalue weighted by atomic mass is 10.3. The van der Waals surface area contributed by atoms with Gasteiger partial charge in [0, 0.05) is 18.0 Å². The van der Waals surface area contributed by atoms with E-state index in [0.29, 0.717) is 28.2 Å². The minimum atomic E-state index is -0.879. The molecular weight excluding hydrogens is 337 g/mol. The van der Waals surface area contributed by atoms with Crippen LogP contribution in [-0.4, -0.2) is 30.1 Å². The molecule has 0 saturated heterocycles. The number of amides is 1. The highest BCUT2D eigenvalue weighted by atomic mass is 79.9. The van der Waals surface area contributed by atoms with Gasteiger partial charge in [-0.15, -0.1) is 0 Å². The van der Waals surface area contributed by atoms with E-state index in [9.17, 15) is 9.59 Å². The van der Waals surface area contributed by atoms with E-state index in [1.54, 1.807) is 18.2 Å². The molecule has 0 bridgehead atoms. The zero-order valence-electron chi connectivity index (χ0n) is 9.99.